The molecule has 0 saturated heterocycles. The van der Waals surface area contributed by atoms with E-state index >= 15 is 0 Å². The number of benzene rings is 2. The van der Waals surface area contributed by atoms with Crippen LogP contribution in [0.5, 0.6) is 0 Å². The molecule has 0 saturated carbocycles. The topological polar surface area (TPSA) is 72.3 Å². The molecule has 36 heavy (non-hydrogen) atoms. The molecule has 1 aromatic heterocycles. The molecule has 9 heteroatoms. The number of anilines is 2. The van der Waals surface area contributed by atoms with Crippen molar-refractivity contribution in [2.45, 2.75) is 58.7 Å². The van der Waals surface area contributed by atoms with E-state index in [0.717, 1.165) is 28.7 Å². The fourth-order valence-electron chi connectivity index (χ4n) is 4.17. The van der Waals surface area contributed by atoms with Gasteiger partial charge in [-0.1, -0.05) is 39.3 Å². The first-order chi connectivity index (χ1) is 16.9. The second-order valence-electron chi connectivity index (χ2n) is 11.0. The maximum absolute atomic E-state index is 13.1. The zero-order chi connectivity index (χ0) is 26.3. The molecule has 1 N–H and O–H groups in total. The van der Waals surface area contributed by atoms with Crippen LogP contribution in [0.3, 0.4) is 0 Å². The van der Waals surface area contributed by atoms with Crippen molar-refractivity contribution in [3.05, 3.63) is 64.7 Å². The van der Waals surface area contributed by atoms with Gasteiger partial charge < -0.3 is 14.6 Å². The molecule has 2 heterocycles. The van der Waals surface area contributed by atoms with Crippen molar-refractivity contribution in [1.82, 2.24) is 20.1 Å². The Bertz CT molecular complexity index is 1250. The first-order valence-electron chi connectivity index (χ1n) is 12.4. The average molecular weight is 526 g/mol. The quantitative estimate of drug-likeness (QED) is 0.305. The summed E-state index contributed by atoms with van der Waals surface area (Å²) in [4.78, 5) is 15.4. The van der Waals surface area contributed by atoms with Crippen molar-refractivity contribution >= 4 is 37.2 Å². The Balaban J connectivity index is 1.62. The smallest absolute Gasteiger partial charge is 0.251 e. The van der Waals surface area contributed by atoms with E-state index in [0.29, 0.717) is 30.3 Å². The minimum Gasteiger partial charge on any atom is -0.415 e. The number of rotatable bonds is 6. The van der Waals surface area contributed by atoms with Crippen LogP contribution in [0.4, 0.5) is 11.4 Å². The predicted molar refractivity (Wildman–Crippen MR) is 148 cm³/mol. The number of fused-ring (bicyclic) bond motifs is 3. The average Bonchev–Trinajstić information content (AvgIpc) is 3.15. The van der Waals surface area contributed by atoms with Crippen LogP contribution in [0.2, 0.25) is 23.2 Å². The van der Waals surface area contributed by atoms with Crippen molar-refractivity contribution < 1.29 is 9.22 Å². The van der Waals surface area contributed by atoms with E-state index in [4.69, 9.17) is 16.0 Å². The molecule has 1 aliphatic heterocycles. The number of carbonyl (C=O) groups is 1. The molecule has 7 nitrogen and oxygen atoms in total. The molecule has 1 atom stereocenters. The van der Waals surface area contributed by atoms with Gasteiger partial charge in [-0.25, -0.2) is 0 Å². The van der Waals surface area contributed by atoms with Crippen LogP contribution >= 0.6 is 11.6 Å². The normalized spacial score (nSPS) is 15.8. The Morgan fingerprint density at radius 3 is 2.50 bits per heavy atom. The van der Waals surface area contributed by atoms with Gasteiger partial charge in [-0.05, 0) is 67.5 Å². The summed E-state index contributed by atoms with van der Waals surface area (Å²) in [6, 6.07) is 13.6. The Labute approximate surface area is 220 Å². The number of aryl methyl sites for hydroxylation is 1. The van der Waals surface area contributed by atoms with E-state index in [1.165, 1.54) is 0 Å². The molecule has 0 bridgehead atoms. The van der Waals surface area contributed by atoms with Gasteiger partial charge in [0.2, 0.25) is 0 Å². The van der Waals surface area contributed by atoms with E-state index in [9.17, 15) is 4.79 Å². The lowest BCUT2D eigenvalue weighted by Gasteiger charge is -2.36. The van der Waals surface area contributed by atoms with Crippen LogP contribution in [0.15, 0.2) is 42.5 Å². The molecular formula is C27H36ClN5O2Si. The summed E-state index contributed by atoms with van der Waals surface area (Å²) >= 11 is 6.17. The number of nitrogens with one attached hydrogen (secondary N) is 1. The molecular weight excluding hydrogens is 490 g/mol. The molecule has 4 rings (SSSR count). The summed E-state index contributed by atoms with van der Waals surface area (Å²) < 4.78 is 8.30. The largest absolute Gasteiger partial charge is 0.415 e. The minimum absolute atomic E-state index is 0.120. The third kappa shape index (κ3) is 5.21. The zero-order valence-corrected chi connectivity index (χ0v) is 24.0. The third-order valence-electron chi connectivity index (χ3n) is 7.31. The molecule has 0 spiro atoms. The molecule has 1 aliphatic rings. The highest BCUT2D eigenvalue weighted by Crippen LogP contribution is 2.39. The van der Waals surface area contributed by atoms with Crippen LogP contribution in [0.1, 0.15) is 55.6 Å². The minimum atomic E-state index is -1.85. The monoisotopic (exact) mass is 525 g/mol. The second-order valence-corrected chi connectivity index (χ2v) is 16.2. The summed E-state index contributed by atoms with van der Waals surface area (Å²) in [6.45, 7) is 16.8. The predicted octanol–water partition coefficient (Wildman–Crippen LogP) is 6.24. The molecule has 1 amide bonds. The standard InChI is InChI=1S/C27H36ClN5O2Si/c1-18-17-32(22-11-9-21(28)10-12-22)24-16-20(8-13-23(24)33-19(2)30-31-25(18)33)26(34)29-14-15-35-36(6,7)27(3,4)5/h8-13,16,18H,14-15,17H2,1-7H3,(H,29,34)/t18-/m1/s1. The van der Waals surface area contributed by atoms with Crippen molar-refractivity contribution in [2.24, 2.45) is 0 Å². The first-order valence-corrected chi connectivity index (χ1v) is 15.7. The lowest BCUT2D eigenvalue weighted by atomic mass is 10.1. The number of halogens is 1. The van der Waals surface area contributed by atoms with Gasteiger partial charge >= 0.3 is 0 Å². The maximum Gasteiger partial charge on any atom is 0.251 e. The third-order valence-corrected chi connectivity index (χ3v) is 12.1. The van der Waals surface area contributed by atoms with Crippen LogP contribution in [0, 0.1) is 6.92 Å². The molecule has 0 radical (unpaired) electrons. The Morgan fingerprint density at radius 2 is 1.83 bits per heavy atom. The summed E-state index contributed by atoms with van der Waals surface area (Å²) in [7, 11) is -1.85. The first kappa shape index (κ1) is 26.4. The summed E-state index contributed by atoms with van der Waals surface area (Å²) in [6.07, 6.45) is 0. The number of carbonyl (C=O) groups excluding carboxylic acids is 1. The van der Waals surface area contributed by atoms with E-state index in [-0.39, 0.29) is 16.9 Å². The fraction of sp³-hybridized carbons (Fsp3) is 0.444. The summed E-state index contributed by atoms with van der Waals surface area (Å²) in [5.74, 6) is 1.73. The molecule has 0 aliphatic carbocycles. The van der Waals surface area contributed by atoms with E-state index in [1.54, 1.807) is 0 Å². The van der Waals surface area contributed by atoms with Gasteiger partial charge in [0, 0.05) is 35.3 Å². The number of nitrogens with zero attached hydrogens (tertiary/aromatic N) is 4. The number of amides is 1. The maximum atomic E-state index is 13.1. The van der Waals surface area contributed by atoms with E-state index < -0.39 is 8.32 Å². The highest BCUT2D eigenvalue weighted by molar-refractivity contribution is 6.74. The molecule has 0 unspecified atom stereocenters. The van der Waals surface area contributed by atoms with Gasteiger partial charge in [0.05, 0.1) is 18.0 Å². The lowest BCUT2D eigenvalue weighted by molar-refractivity contribution is 0.0945. The molecule has 0 fully saturated rings. The van der Waals surface area contributed by atoms with Crippen molar-refractivity contribution in [3.8, 4) is 5.69 Å². The summed E-state index contributed by atoms with van der Waals surface area (Å²) in [5.41, 5.74) is 3.48. The van der Waals surface area contributed by atoms with Crippen LogP contribution < -0.4 is 10.2 Å². The van der Waals surface area contributed by atoms with Crippen LogP contribution in [0.25, 0.3) is 5.69 Å². The molecule has 192 valence electrons. The highest BCUT2D eigenvalue weighted by atomic mass is 35.5. The van der Waals surface area contributed by atoms with Crippen molar-refractivity contribution in [1.29, 1.82) is 0 Å². The van der Waals surface area contributed by atoms with Gasteiger partial charge in [-0.2, -0.15) is 0 Å². The SMILES string of the molecule is Cc1nnc2n1-c1ccc(C(=O)NCCO[Si](C)(C)C(C)(C)C)cc1N(c1ccc(Cl)cc1)C[C@H]2C. The van der Waals surface area contributed by atoms with Gasteiger partial charge in [-0.15, -0.1) is 10.2 Å². The second kappa shape index (κ2) is 9.99. The fourth-order valence-corrected chi connectivity index (χ4v) is 5.35. The van der Waals surface area contributed by atoms with E-state index in [1.807, 2.05) is 49.4 Å². The highest BCUT2D eigenvalue weighted by Gasteiger charge is 2.37. The van der Waals surface area contributed by atoms with Gasteiger partial charge in [0.15, 0.2) is 8.32 Å². The number of hydrogen-bond acceptors (Lipinski definition) is 5. The Morgan fingerprint density at radius 1 is 1.14 bits per heavy atom. The van der Waals surface area contributed by atoms with Gasteiger partial charge in [0.25, 0.3) is 5.91 Å². The van der Waals surface area contributed by atoms with Gasteiger partial charge in [-0.3, -0.25) is 9.36 Å². The molecule has 2 aromatic carbocycles. The van der Waals surface area contributed by atoms with Crippen LogP contribution in [-0.4, -0.2) is 48.7 Å². The van der Waals surface area contributed by atoms with E-state index in [2.05, 4.69) is 65.8 Å². The summed E-state index contributed by atoms with van der Waals surface area (Å²) in [5, 5.41) is 12.6. The van der Waals surface area contributed by atoms with Crippen molar-refractivity contribution in [2.75, 3.05) is 24.6 Å². The Hall–Kier alpha value is -2.68. The zero-order valence-electron chi connectivity index (χ0n) is 22.2. The Kier molecular flexibility index (Phi) is 7.32. The van der Waals surface area contributed by atoms with Crippen molar-refractivity contribution in [3.63, 3.8) is 0 Å². The van der Waals surface area contributed by atoms with Gasteiger partial charge in [0.1, 0.15) is 11.6 Å². The number of hydrogen-bond donors (Lipinski definition) is 1. The molecule has 3 aromatic rings. The number of aromatic nitrogens is 3. The lowest BCUT2D eigenvalue weighted by Crippen LogP contribution is -2.42. The van der Waals surface area contributed by atoms with Crippen LogP contribution in [-0.2, 0) is 4.43 Å².